The summed E-state index contributed by atoms with van der Waals surface area (Å²) in [7, 11) is 0. The summed E-state index contributed by atoms with van der Waals surface area (Å²) < 4.78 is 0. The molecule has 0 aliphatic rings. The van der Waals surface area contributed by atoms with Gasteiger partial charge in [0.25, 0.3) is 0 Å². The molecule has 0 heterocycles. The molecule has 0 aliphatic heterocycles. The molecule has 0 radical (unpaired) electrons. The summed E-state index contributed by atoms with van der Waals surface area (Å²) in [4.78, 5) is 0. The highest BCUT2D eigenvalue weighted by atomic mass is 14.4. The molecule has 0 aromatic carbocycles. The van der Waals surface area contributed by atoms with Gasteiger partial charge in [-0.2, -0.15) is 0 Å². The largest absolute Gasteiger partial charge is 0.0654 e. The first-order chi connectivity index (χ1) is 7.14. The third kappa shape index (κ3) is 4.89. The number of unbranched alkanes of at least 4 members (excludes halogenated alkanes) is 1. The lowest BCUT2D eigenvalue weighted by atomic mass is 9.62. The maximum absolute atomic E-state index is 2.42. The van der Waals surface area contributed by atoms with Crippen LogP contribution in [0.4, 0.5) is 0 Å². The van der Waals surface area contributed by atoms with Crippen LogP contribution in [-0.2, 0) is 0 Å². The predicted molar refractivity (Wildman–Crippen MR) is 75.7 cm³/mol. The molecule has 2 unspecified atom stereocenters. The molecule has 0 nitrogen and oxygen atoms in total. The summed E-state index contributed by atoms with van der Waals surface area (Å²) in [5, 5.41) is 0. The summed E-state index contributed by atoms with van der Waals surface area (Å²) >= 11 is 0. The van der Waals surface area contributed by atoms with E-state index >= 15 is 0 Å². The lowest BCUT2D eigenvalue weighted by molar-refractivity contribution is 0.0592. The molecule has 16 heavy (non-hydrogen) atoms. The van der Waals surface area contributed by atoms with E-state index in [0.717, 1.165) is 11.8 Å². The van der Waals surface area contributed by atoms with Crippen molar-refractivity contribution in [3.8, 4) is 0 Å². The van der Waals surface area contributed by atoms with Crippen molar-refractivity contribution in [3.05, 3.63) is 0 Å². The van der Waals surface area contributed by atoms with Crippen LogP contribution in [0.15, 0.2) is 0 Å². The summed E-state index contributed by atoms with van der Waals surface area (Å²) in [6.07, 6.45) is 5.42. The molecule has 0 aromatic rings. The number of hydrogen-bond donors (Lipinski definition) is 0. The lowest BCUT2D eigenvalue weighted by Crippen LogP contribution is -2.35. The first-order valence-corrected chi connectivity index (χ1v) is 7.14. The molecule has 0 heteroatoms. The highest BCUT2D eigenvalue weighted by Crippen LogP contribution is 2.45. The molecule has 0 saturated carbocycles. The second-order valence-electron chi connectivity index (χ2n) is 7.50. The zero-order valence-corrected chi connectivity index (χ0v) is 13.0. The maximum atomic E-state index is 2.42. The van der Waals surface area contributed by atoms with Gasteiger partial charge in [-0.1, -0.05) is 74.7 Å². The maximum Gasteiger partial charge on any atom is -0.0332 e. The van der Waals surface area contributed by atoms with E-state index in [0.29, 0.717) is 10.8 Å². The molecule has 2 atom stereocenters. The van der Waals surface area contributed by atoms with E-state index in [2.05, 4.69) is 55.4 Å². The standard InChI is InChI=1S/C16H34/c1-9-11-12-14(16(6,7)8)13(10-2)15(3,4)5/h13-14H,9-12H2,1-8H3. The van der Waals surface area contributed by atoms with Crippen LogP contribution in [0.1, 0.15) is 81.1 Å². The molecule has 0 rings (SSSR count). The Morgan fingerprint density at radius 1 is 0.750 bits per heavy atom. The molecule has 0 aliphatic carbocycles. The van der Waals surface area contributed by atoms with Crippen LogP contribution in [0.5, 0.6) is 0 Å². The number of hydrogen-bond acceptors (Lipinski definition) is 0. The normalized spacial score (nSPS) is 17.2. The number of rotatable bonds is 5. The Labute approximate surface area is 104 Å². The van der Waals surface area contributed by atoms with Crippen LogP contribution in [-0.4, -0.2) is 0 Å². The van der Waals surface area contributed by atoms with Crippen molar-refractivity contribution >= 4 is 0 Å². The van der Waals surface area contributed by atoms with Crippen LogP contribution in [0, 0.1) is 22.7 Å². The van der Waals surface area contributed by atoms with Gasteiger partial charge in [-0.05, 0) is 29.1 Å². The van der Waals surface area contributed by atoms with E-state index in [4.69, 9.17) is 0 Å². The van der Waals surface area contributed by atoms with Gasteiger partial charge >= 0.3 is 0 Å². The zero-order valence-electron chi connectivity index (χ0n) is 13.0. The Morgan fingerprint density at radius 2 is 1.19 bits per heavy atom. The molecule has 0 spiro atoms. The first-order valence-electron chi connectivity index (χ1n) is 7.14. The highest BCUT2D eigenvalue weighted by molar-refractivity contribution is 4.86. The van der Waals surface area contributed by atoms with E-state index in [1.807, 2.05) is 0 Å². The van der Waals surface area contributed by atoms with E-state index in [9.17, 15) is 0 Å². The van der Waals surface area contributed by atoms with Crippen LogP contribution >= 0.6 is 0 Å². The average molecular weight is 226 g/mol. The molecule has 0 fully saturated rings. The summed E-state index contributed by atoms with van der Waals surface area (Å²) in [5.74, 6) is 1.71. The van der Waals surface area contributed by atoms with E-state index < -0.39 is 0 Å². The smallest absolute Gasteiger partial charge is 0.0332 e. The molecular weight excluding hydrogens is 192 g/mol. The first kappa shape index (κ1) is 16.0. The van der Waals surface area contributed by atoms with Crippen LogP contribution in [0.3, 0.4) is 0 Å². The van der Waals surface area contributed by atoms with Gasteiger partial charge in [0.1, 0.15) is 0 Å². The van der Waals surface area contributed by atoms with Gasteiger partial charge in [0.15, 0.2) is 0 Å². The summed E-state index contributed by atoms with van der Waals surface area (Å²) in [6.45, 7) is 19.1. The lowest BCUT2D eigenvalue weighted by Gasteiger charge is -2.43. The molecule has 0 N–H and O–H groups in total. The minimum atomic E-state index is 0.445. The van der Waals surface area contributed by atoms with Gasteiger partial charge in [-0.25, -0.2) is 0 Å². The van der Waals surface area contributed by atoms with Crippen LogP contribution < -0.4 is 0 Å². The minimum absolute atomic E-state index is 0.445. The van der Waals surface area contributed by atoms with Gasteiger partial charge < -0.3 is 0 Å². The van der Waals surface area contributed by atoms with Crippen molar-refractivity contribution in [1.82, 2.24) is 0 Å². The third-order valence-corrected chi connectivity index (χ3v) is 4.02. The van der Waals surface area contributed by atoms with Gasteiger partial charge in [0.2, 0.25) is 0 Å². The second kappa shape index (κ2) is 6.07. The Hall–Kier alpha value is 0. The van der Waals surface area contributed by atoms with Crippen LogP contribution in [0.25, 0.3) is 0 Å². The molecule has 0 saturated heterocycles. The van der Waals surface area contributed by atoms with E-state index in [1.54, 1.807) is 0 Å². The van der Waals surface area contributed by atoms with Gasteiger partial charge in [-0.3, -0.25) is 0 Å². The van der Waals surface area contributed by atoms with Gasteiger partial charge in [-0.15, -0.1) is 0 Å². The van der Waals surface area contributed by atoms with Crippen molar-refractivity contribution in [1.29, 1.82) is 0 Å². The Balaban J connectivity index is 4.85. The third-order valence-electron chi connectivity index (χ3n) is 4.02. The van der Waals surface area contributed by atoms with Crippen molar-refractivity contribution in [2.24, 2.45) is 22.7 Å². The molecule has 98 valence electrons. The van der Waals surface area contributed by atoms with Crippen molar-refractivity contribution in [3.63, 3.8) is 0 Å². The van der Waals surface area contributed by atoms with Crippen molar-refractivity contribution in [2.75, 3.05) is 0 Å². The molecule has 0 amide bonds. The predicted octanol–water partition coefficient (Wildman–Crippen LogP) is 5.91. The zero-order chi connectivity index (χ0) is 13.0. The molecular formula is C16H34. The topological polar surface area (TPSA) is 0 Å². The average Bonchev–Trinajstić information content (AvgIpc) is 2.07. The van der Waals surface area contributed by atoms with E-state index in [1.165, 1.54) is 25.7 Å². The summed E-state index contributed by atoms with van der Waals surface area (Å²) in [6, 6.07) is 0. The SMILES string of the molecule is CCCCC(C(CC)C(C)(C)C)C(C)(C)C. The fraction of sp³-hybridized carbons (Fsp3) is 1.00. The second-order valence-corrected chi connectivity index (χ2v) is 7.50. The highest BCUT2D eigenvalue weighted by Gasteiger charge is 2.36. The van der Waals surface area contributed by atoms with Crippen molar-refractivity contribution in [2.45, 2.75) is 81.1 Å². The van der Waals surface area contributed by atoms with Crippen molar-refractivity contribution < 1.29 is 0 Å². The fourth-order valence-electron chi connectivity index (χ4n) is 3.16. The Kier molecular flexibility index (Phi) is 6.07. The van der Waals surface area contributed by atoms with Crippen LogP contribution in [0.2, 0.25) is 0 Å². The monoisotopic (exact) mass is 226 g/mol. The fourth-order valence-corrected chi connectivity index (χ4v) is 3.16. The molecule has 0 bridgehead atoms. The Bertz CT molecular complexity index is 177. The minimum Gasteiger partial charge on any atom is -0.0654 e. The molecule has 0 aromatic heterocycles. The van der Waals surface area contributed by atoms with E-state index in [-0.39, 0.29) is 0 Å². The van der Waals surface area contributed by atoms with Gasteiger partial charge in [0.05, 0.1) is 0 Å². The summed E-state index contributed by atoms with van der Waals surface area (Å²) in [5.41, 5.74) is 0.892. The van der Waals surface area contributed by atoms with Gasteiger partial charge in [0, 0.05) is 0 Å². The Morgan fingerprint density at radius 3 is 1.44 bits per heavy atom. The quantitative estimate of drug-likeness (QED) is 0.546.